The fourth-order valence-corrected chi connectivity index (χ4v) is 2.94. The predicted octanol–water partition coefficient (Wildman–Crippen LogP) is 0.795. The lowest BCUT2D eigenvalue weighted by Crippen LogP contribution is -2.46. The van der Waals surface area contributed by atoms with Gasteiger partial charge in [0.05, 0.1) is 9.82 Å². The third-order valence-corrected chi connectivity index (χ3v) is 4.51. The fraction of sp³-hybridized carbons (Fsp3) is 0.500. The number of sulfonamides is 1. The third-order valence-electron chi connectivity index (χ3n) is 3.60. The van der Waals surface area contributed by atoms with E-state index in [0.717, 1.165) is 25.5 Å². The minimum atomic E-state index is -3.96. The van der Waals surface area contributed by atoms with Crippen molar-refractivity contribution in [2.24, 2.45) is 5.14 Å². The number of primary sulfonamides is 1. The number of piperidine rings is 1. The van der Waals surface area contributed by atoms with E-state index >= 15 is 0 Å². The van der Waals surface area contributed by atoms with E-state index in [0.29, 0.717) is 5.69 Å². The Morgan fingerprint density at radius 3 is 2.76 bits per heavy atom. The zero-order valence-corrected chi connectivity index (χ0v) is 12.4. The van der Waals surface area contributed by atoms with Crippen LogP contribution >= 0.6 is 0 Å². The fourth-order valence-electron chi connectivity index (χ4n) is 2.40. The van der Waals surface area contributed by atoms with Crippen molar-refractivity contribution in [1.29, 1.82) is 0 Å². The molecule has 1 aliphatic heterocycles. The summed E-state index contributed by atoms with van der Waals surface area (Å²) in [5.41, 5.74) is 0.00671. The molecule has 1 aliphatic rings. The molecule has 8 nitrogen and oxygen atoms in total. The van der Waals surface area contributed by atoms with Gasteiger partial charge in [0.25, 0.3) is 5.69 Å². The molecule has 2 atom stereocenters. The van der Waals surface area contributed by atoms with E-state index in [1.54, 1.807) is 0 Å². The number of nitrogens with one attached hydrogen (secondary N) is 2. The molecule has 116 valence electrons. The van der Waals surface area contributed by atoms with Gasteiger partial charge in [-0.2, -0.15) is 0 Å². The Hall–Kier alpha value is -1.71. The molecule has 0 saturated carbocycles. The van der Waals surface area contributed by atoms with E-state index in [-0.39, 0.29) is 22.7 Å². The van der Waals surface area contributed by atoms with Crippen molar-refractivity contribution in [3.05, 3.63) is 28.3 Å². The molecule has 0 aromatic heterocycles. The van der Waals surface area contributed by atoms with Gasteiger partial charge < -0.3 is 10.6 Å². The first-order valence-corrected chi connectivity index (χ1v) is 8.15. The molecule has 4 N–H and O–H groups in total. The van der Waals surface area contributed by atoms with Gasteiger partial charge in [-0.1, -0.05) is 0 Å². The molecule has 0 spiro atoms. The van der Waals surface area contributed by atoms with Crippen LogP contribution in [0.1, 0.15) is 19.8 Å². The molecule has 0 bridgehead atoms. The van der Waals surface area contributed by atoms with Gasteiger partial charge in [0.2, 0.25) is 10.0 Å². The van der Waals surface area contributed by atoms with Crippen LogP contribution in [0.2, 0.25) is 0 Å². The summed E-state index contributed by atoms with van der Waals surface area (Å²) in [4.78, 5) is 10.3. The van der Waals surface area contributed by atoms with Crippen LogP contribution < -0.4 is 15.8 Å². The van der Waals surface area contributed by atoms with E-state index in [1.165, 1.54) is 12.1 Å². The van der Waals surface area contributed by atoms with Crippen LogP contribution in [0.4, 0.5) is 11.4 Å². The van der Waals surface area contributed by atoms with Gasteiger partial charge in [0.1, 0.15) is 5.69 Å². The molecule has 0 aliphatic carbocycles. The number of anilines is 1. The lowest BCUT2D eigenvalue weighted by Gasteiger charge is -2.31. The zero-order valence-electron chi connectivity index (χ0n) is 11.6. The molecule has 2 unspecified atom stereocenters. The highest BCUT2D eigenvalue weighted by Gasteiger charge is 2.25. The zero-order chi connectivity index (χ0) is 15.6. The van der Waals surface area contributed by atoms with E-state index in [2.05, 4.69) is 10.6 Å². The number of nitrogens with zero attached hydrogens (tertiary/aromatic N) is 1. The van der Waals surface area contributed by atoms with Gasteiger partial charge in [-0.25, -0.2) is 13.6 Å². The molecule has 1 fully saturated rings. The van der Waals surface area contributed by atoms with Gasteiger partial charge in [0, 0.05) is 18.2 Å². The van der Waals surface area contributed by atoms with Crippen LogP contribution in [0.15, 0.2) is 23.1 Å². The van der Waals surface area contributed by atoms with Gasteiger partial charge >= 0.3 is 0 Å². The Kier molecular flexibility index (Phi) is 4.45. The first-order valence-electron chi connectivity index (χ1n) is 6.60. The minimum absolute atomic E-state index is 0.0535. The number of nitrogens with two attached hydrogens (primary N) is 1. The molecule has 1 aromatic carbocycles. The largest absolute Gasteiger partial charge is 0.375 e. The van der Waals surface area contributed by atoms with Crippen LogP contribution in [0.3, 0.4) is 0 Å². The van der Waals surface area contributed by atoms with Gasteiger partial charge in [-0.05, 0) is 38.4 Å². The summed E-state index contributed by atoms with van der Waals surface area (Å²) in [6.07, 6.45) is 1.87. The summed E-state index contributed by atoms with van der Waals surface area (Å²) in [5.74, 6) is 0. The highest BCUT2D eigenvalue weighted by Crippen LogP contribution is 2.29. The molecule has 9 heteroatoms. The second kappa shape index (κ2) is 5.96. The Morgan fingerprint density at radius 1 is 1.48 bits per heavy atom. The second-order valence-electron chi connectivity index (χ2n) is 5.12. The summed E-state index contributed by atoms with van der Waals surface area (Å²) < 4.78 is 22.6. The van der Waals surface area contributed by atoms with Crippen molar-refractivity contribution < 1.29 is 13.3 Å². The van der Waals surface area contributed by atoms with Crippen LogP contribution in [0.25, 0.3) is 0 Å². The Balaban J connectivity index is 2.32. The summed E-state index contributed by atoms with van der Waals surface area (Å²) in [6, 6.07) is 3.87. The monoisotopic (exact) mass is 314 g/mol. The van der Waals surface area contributed by atoms with Crippen molar-refractivity contribution in [1.82, 2.24) is 5.32 Å². The molecular formula is C12H18N4O4S. The topological polar surface area (TPSA) is 127 Å². The van der Waals surface area contributed by atoms with Gasteiger partial charge in [-0.3, -0.25) is 10.1 Å². The first kappa shape index (κ1) is 15.7. The molecule has 0 amide bonds. The smallest absolute Gasteiger partial charge is 0.293 e. The van der Waals surface area contributed by atoms with Gasteiger partial charge in [0.15, 0.2) is 0 Å². The Bertz CT molecular complexity index is 647. The number of nitro groups is 1. The normalized spacial score (nSPS) is 22.8. The van der Waals surface area contributed by atoms with E-state index in [4.69, 9.17) is 5.14 Å². The van der Waals surface area contributed by atoms with E-state index in [1.807, 2.05) is 6.92 Å². The molecule has 21 heavy (non-hydrogen) atoms. The van der Waals surface area contributed by atoms with Crippen LogP contribution in [0.5, 0.6) is 0 Å². The van der Waals surface area contributed by atoms with Gasteiger partial charge in [-0.15, -0.1) is 0 Å². The summed E-state index contributed by atoms with van der Waals surface area (Å²) in [7, 11) is -3.96. The Morgan fingerprint density at radius 2 is 2.19 bits per heavy atom. The lowest BCUT2D eigenvalue weighted by atomic mass is 9.99. The van der Waals surface area contributed by atoms with Crippen molar-refractivity contribution in [2.75, 3.05) is 11.9 Å². The highest BCUT2D eigenvalue weighted by molar-refractivity contribution is 7.89. The number of benzene rings is 1. The van der Waals surface area contributed by atoms with Crippen LogP contribution in [-0.4, -0.2) is 32.0 Å². The van der Waals surface area contributed by atoms with Crippen molar-refractivity contribution in [2.45, 2.75) is 36.7 Å². The molecule has 1 aromatic rings. The van der Waals surface area contributed by atoms with E-state index < -0.39 is 14.9 Å². The molecule has 2 rings (SSSR count). The number of hydrogen-bond acceptors (Lipinski definition) is 6. The SMILES string of the molecule is CC1NCCCC1Nc1ccc(S(N)(=O)=O)cc1[N+](=O)[O-]. The lowest BCUT2D eigenvalue weighted by molar-refractivity contribution is -0.384. The highest BCUT2D eigenvalue weighted by atomic mass is 32.2. The third kappa shape index (κ3) is 3.69. The Labute approximate surface area is 122 Å². The average molecular weight is 314 g/mol. The maximum atomic E-state index is 11.3. The number of rotatable bonds is 4. The first-order chi connectivity index (χ1) is 9.79. The molecule has 1 saturated heterocycles. The average Bonchev–Trinajstić information content (AvgIpc) is 2.40. The summed E-state index contributed by atoms with van der Waals surface area (Å²) >= 11 is 0. The molecular weight excluding hydrogens is 296 g/mol. The predicted molar refractivity (Wildman–Crippen MR) is 78.6 cm³/mol. The minimum Gasteiger partial charge on any atom is -0.375 e. The number of nitro benzene ring substituents is 1. The van der Waals surface area contributed by atoms with Crippen LogP contribution in [0, 0.1) is 10.1 Å². The maximum absolute atomic E-state index is 11.3. The van der Waals surface area contributed by atoms with Crippen molar-refractivity contribution in [3.8, 4) is 0 Å². The van der Waals surface area contributed by atoms with Crippen LogP contribution in [-0.2, 0) is 10.0 Å². The summed E-state index contributed by atoms with van der Waals surface area (Å²) in [6.45, 7) is 2.92. The standard InChI is InChI=1S/C12H18N4O4S/c1-8-10(3-2-6-14-8)15-11-5-4-9(21(13,19)20)7-12(11)16(17)18/h4-5,7-8,10,14-15H,2-3,6H2,1H3,(H2,13,19,20). The number of hydrogen-bond donors (Lipinski definition) is 3. The van der Waals surface area contributed by atoms with Crippen molar-refractivity contribution >= 4 is 21.4 Å². The van der Waals surface area contributed by atoms with Crippen molar-refractivity contribution in [3.63, 3.8) is 0 Å². The van der Waals surface area contributed by atoms with E-state index in [9.17, 15) is 18.5 Å². The quantitative estimate of drug-likeness (QED) is 0.557. The maximum Gasteiger partial charge on any atom is 0.293 e. The molecule has 0 radical (unpaired) electrons. The molecule has 1 heterocycles. The second-order valence-corrected chi connectivity index (χ2v) is 6.68. The summed E-state index contributed by atoms with van der Waals surface area (Å²) in [5, 5.41) is 22.5.